The largest absolute Gasteiger partial charge is 0.368 e. The maximum Gasteiger partial charge on any atom is 0.224 e. The molecular weight excluding hydrogens is 304 g/mol. The van der Waals surface area contributed by atoms with E-state index in [0.29, 0.717) is 13.0 Å². The number of H-pyrrole nitrogens is 1. The molecule has 0 aliphatic carbocycles. The molecule has 0 spiro atoms. The summed E-state index contributed by atoms with van der Waals surface area (Å²) in [7, 11) is 0. The van der Waals surface area contributed by atoms with E-state index in [4.69, 9.17) is 5.73 Å². The van der Waals surface area contributed by atoms with Crippen LogP contribution < -0.4 is 11.1 Å². The van der Waals surface area contributed by atoms with Crippen molar-refractivity contribution in [3.8, 4) is 0 Å². The molecule has 0 aliphatic heterocycles. The fraction of sp³-hybridized carbons (Fsp3) is 0.294. The maximum absolute atomic E-state index is 12.1. The minimum Gasteiger partial charge on any atom is -0.368 e. The highest BCUT2D eigenvalue weighted by Crippen LogP contribution is 2.12. The lowest BCUT2D eigenvalue weighted by Crippen LogP contribution is -2.28. The highest BCUT2D eigenvalue weighted by Gasteiger charge is 2.12. The summed E-state index contributed by atoms with van der Waals surface area (Å²) < 4.78 is 0. The molecule has 2 aromatic heterocycles. The summed E-state index contributed by atoms with van der Waals surface area (Å²) in [6, 6.07) is 7.86. The first-order valence-electron chi connectivity index (χ1n) is 7.83. The number of nitrogens with one attached hydrogen (secondary N) is 2. The van der Waals surface area contributed by atoms with Crippen molar-refractivity contribution in [2.24, 2.45) is 0 Å². The van der Waals surface area contributed by atoms with E-state index in [9.17, 15) is 4.79 Å². The lowest BCUT2D eigenvalue weighted by Gasteiger charge is -2.09. The molecule has 0 saturated heterocycles. The Kier molecular flexibility index (Phi) is 4.41. The zero-order chi connectivity index (χ0) is 17.1. The summed E-state index contributed by atoms with van der Waals surface area (Å²) in [5, 5.41) is 2.91. The molecule has 0 saturated carbocycles. The Morgan fingerprint density at radius 1 is 1.17 bits per heavy atom. The van der Waals surface area contributed by atoms with Crippen LogP contribution >= 0.6 is 0 Å². The molecule has 0 bridgehead atoms. The molecule has 7 heteroatoms. The van der Waals surface area contributed by atoms with Crippen molar-refractivity contribution in [3.05, 3.63) is 47.0 Å². The number of hydrogen-bond acceptors (Lipinski definition) is 5. The van der Waals surface area contributed by atoms with Gasteiger partial charge in [0.25, 0.3) is 0 Å². The van der Waals surface area contributed by atoms with Gasteiger partial charge in [0.1, 0.15) is 5.82 Å². The number of para-hydroxylation sites is 2. The molecule has 0 atom stereocenters. The topological polar surface area (TPSA) is 110 Å². The molecule has 1 aromatic carbocycles. The summed E-state index contributed by atoms with van der Waals surface area (Å²) in [6.45, 7) is 4.19. The first-order chi connectivity index (χ1) is 11.5. The van der Waals surface area contributed by atoms with Gasteiger partial charge in [-0.05, 0) is 26.0 Å². The Hall–Kier alpha value is -2.96. The number of aromatic nitrogens is 4. The SMILES string of the molecule is Cc1nc(N)nc(C)c1CC(=O)NCCc1nc2ccccc2[nH]1. The molecule has 24 heavy (non-hydrogen) atoms. The second-order valence-corrected chi connectivity index (χ2v) is 5.71. The fourth-order valence-electron chi connectivity index (χ4n) is 2.69. The number of nitrogen functional groups attached to an aromatic ring is 1. The molecule has 2 heterocycles. The number of nitrogens with two attached hydrogens (primary N) is 1. The van der Waals surface area contributed by atoms with E-state index >= 15 is 0 Å². The van der Waals surface area contributed by atoms with Gasteiger partial charge >= 0.3 is 0 Å². The first kappa shape index (κ1) is 15.9. The summed E-state index contributed by atoms with van der Waals surface area (Å²) in [5.74, 6) is 1.03. The lowest BCUT2D eigenvalue weighted by atomic mass is 10.1. The van der Waals surface area contributed by atoms with Gasteiger partial charge in [0.2, 0.25) is 11.9 Å². The van der Waals surface area contributed by atoms with Gasteiger partial charge in [0.05, 0.1) is 17.5 Å². The molecule has 124 valence electrons. The molecule has 0 unspecified atom stereocenters. The Bertz CT molecular complexity index is 830. The lowest BCUT2D eigenvalue weighted by molar-refractivity contribution is -0.120. The van der Waals surface area contributed by atoms with E-state index in [1.807, 2.05) is 38.1 Å². The predicted molar refractivity (Wildman–Crippen MR) is 92.4 cm³/mol. The Morgan fingerprint density at radius 3 is 2.58 bits per heavy atom. The van der Waals surface area contributed by atoms with Crippen LogP contribution in [0.4, 0.5) is 5.95 Å². The highest BCUT2D eigenvalue weighted by molar-refractivity contribution is 5.79. The predicted octanol–water partition coefficient (Wildman–Crippen LogP) is 1.45. The van der Waals surface area contributed by atoms with Crippen LogP contribution in [-0.2, 0) is 17.6 Å². The van der Waals surface area contributed by atoms with Crippen LogP contribution in [-0.4, -0.2) is 32.4 Å². The van der Waals surface area contributed by atoms with Crippen molar-refractivity contribution in [3.63, 3.8) is 0 Å². The number of rotatable bonds is 5. The Balaban J connectivity index is 1.56. The maximum atomic E-state index is 12.1. The van der Waals surface area contributed by atoms with Crippen LogP contribution in [0.2, 0.25) is 0 Å². The quantitative estimate of drug-likeness (QED) is 0.658. The number of fused-ring (bicyclic) bond motifs is 1. The van der Waals surface area contributed by atoms with Crippen LogP contribution in [0.3, 0.4) is 0 Å². The average Bonchev–Trinajstić information content (AvgIpc) is 2.93. The van der Waals surface area contributed by atoms with E-state index in [1.165, 1.54) is 0 Å². The second kappa shape index (κ2) is 6.66. The average molecular weight is 324 g/mol. The summed E-state index contributed by atoms with van der Waals surface area (Å²) in [6.07, 6.45) is 0.898. The van der Waals surface area contributed by atoms with Gasteiger partial charge in [0.15, 0.2) is 0 Å². The fourth-order valence-corrected chi connectivity index (χ4v) is 2.69. The van der Waals surface area contributed by atoms with Gasteiger partial charge < -0.3 is 16.0 Å². The molecular formula is C17H20N6O. The molecule has 3 rings (SSSR count). The van der Waals surface area contributed by atoms with E-state index in [-0.39, 0.29) is 18.3 Å². The Morgan fingerprint density at radius 2 is 1.88 bits per heavy atom. The van der Waals surface area contributed by atoms with Gasteiger partial charge in [-0.15, -0.1) is 0 Å². The molecule has 4 N–H and O–H groups in total. The number of carbonyl (C=O) groups is 1. The van der Waals surface area contributed by atoms with E-state index in [1.54, 1.807) is 0 Å². The first-order valence-corrected chi connectivity index (χ1v) is 7.83. The van der Waals surface area contributed by atoms with Crippen LogP contribution in [0.15, 0.2) is 24.3 Å². The third-order valence-corrected chi connectivity index (χ3v) is 3.90. The van der Waals surface area contributed by atoms with Crippen LogP contribution in [0.1, 0.15) is 22.8 Å². The van der Waals surface area contributed by atoms with Crippen molar-refractivity contribution in [1.29, 1.82) is 0 Å². The zero-order valence-corrected chi connectivity index (χ0v) is 13.8. The number of imidazole rings is 1. The zero-order valence-electron chi connectivity index (χ0n) is 13.8. The molecule has 1 amide bonds. The number of benzene rings is 1. The van der Waals surface area contributed by atoms with Crippen LogP contribution in [0.5, 0.6) is 0 Å². The van der Waals surface area contributed by atoms with Crippen LogP contribution in [0.25, 0.3) is 11.0 Å². The van der Waals surface area contributed by atoms with Gasteiger partial charge in [-0.1, -0.05) is 12.1 Å². The number of nitrogens with zero attached hydrogens (tertiary/aromatic N) is 3. The summed E-state index contributed by atoms with van der Waals surface area (Å²) in [5.41, 5.74) is 9.85. The smallest absolute Gasteiger partial charge is 0.224 e. The number of anilines is 1. The number of carbonyl (C=O) groups excluding carboxylic acids is 1. The molecule has 0 aliphatic rings. The van der Waals surface area contributed by atoms with Crippen molar-refractivity contribution < 1.29 is 4.79 Å². The molecule has 0 fully saturated rings. The molecule has 7 nitrogen and oxygen atoms in total. The summed E-state index contributed by atoms with van der Waals surface area (Å²) in [4.78, 5) is 28.1. The minimum absolute atomic E-state index is 0.0642. The van der Waals surface area contributed by atoms with E-state index in [2.05, 4.69) is 25.3 Å². The third kappa shape index (κ3) is 3.51. The highest BCUT2D eigenvalue weighted by atomic mass is 16.1. The molecule has 0 radical (unpaired) electrons. The number of aromatic amines is 1. The second-order valence-electron chi connectivity index (χ2n) is 5.71. The Labute approximate surface area is 139 Å². The van der Waals surface area contributed by atoms with Crippen molar-refractivity contribution in [2.45, 2.75) is 26.7 Å². The minimum atomic E-state index is -0.0642. The van der Waals surface area contributed by atoms with E-state index in [0.717, 1.165) is 33.8 Å². The van der Waals surface area contributed by atoms with Crippen molar-refractivity contribution in [2.75, 3.05) is 12.3 Å². The van der Waals surface area contributed by atoms with Crippen molar-refractivity contribution in [1.82, 2.24) is 25.3 Å². The van der Waals surface area contributed by atoms with Gasteiger partial charge in [-0.25, -0.2) is 15.0 Å². The van der Waals surface area contributed by atoms with E-state index < -0.39 is 0 Å². The normalized spacial score (nSPS) is 10.9. The monoisotopic (exact) mass is 324 g/mol. The summed E-state index contributed by atoms with van der Waals surface area (Å²) >= 11 is 0. The van der Waals surface area contributed by atoms with Gasteiger partial charge in [-0.2, -0.15) is 0 Å². The van der Waals surface area contributed by atoms with Gasteiger partial charge in [-0.3, -0.25) is 4.79 Å². The number of hydrogen-bond donors (Lipinski definition) is 3. The molecule has 3 aromatic rings. The van der Waals surface area contributed by atoms with Crippen LogP contribution in [0, 0.1) is 13.8 Å². The number of amides is 1. The standard InChI is InChI=1S/C17H20N6O/c1-10-12(11(2)21-17(18)20-10)9-16(24)19-8-7-15-22-13-5-3-4-6-14(13)23-15/h3-6H,7-9H2,1-2H3,(H,19,24)(H,22,23)(H2,18,20,21). The van der Waals surface area contributed by atoms with Crippen molar-refractivity contribution >= 4 is 22.9 Å². The number of aryl methyl sites for hydroxylation is 2. The van der Waals surface area contributed by atoms with Gasteiger partial charge in [0, 0.05) is 29.9 Å². The third-order valence-electron chi connectivity index (χ3n) is 3.90.